The lowest BCUT2D eigenvalue weighted by Crippen LogP contribution is -2.52. The lowest BCUT2D eigenvalue weighted by atomic mass is 9.84. The van der Waals surface area contributed by atoms with Crippen LogP contribution in [0.2, 0.25) is 0 Å². The highest BCUT2D eigenvalue weighted by molar-refractivity contribution is 5.32. The van der Waals surface area contributed by atoms with Gasteiger partial charge in [-0.05, 0) is 45.1 Å². The van der Waals surface area contributed by atoms with Crippen molar-refractivity contribution in [2.75, 3.05) is 21.2 Å². The van der Waals surface area contributed by atoms with Crippen molar-refractivity contribution in [1.82, 2.24) is 10.3 Å². The van der Waals surface area contributed by atoms with Crippen LogP contribution in [0.4, 0.5) is 0 Å². The molecule has 2 unspecified atom stereocenters. The largest absolute Gasteiger partial charge is 0.497 e. The SMILES string of the molecule is CCC(C)(C(NN)c1cccc(OC)c1)N(C)C. The molecular weight excluding hydrogens is 226 g/mol. The fraction of sp³-hybridized carbons (Fsp3) is 0.571. The molecule has 1 aromatic carbocycles. The molecule has 0 aliphatic carbocycles. The number of hydrogen-bond acceptors (Lipinski definition) is 4. The van der Waals surface area contributed by atoms with Crippen molar-refractivity contribution < 1.29 is 4.74 Å². The number of hydrazine groups is 1. The molecule has 0 amide bonds. The van der Waals surface area contributed by atoms with Crippen molar-refractivity contribution in [3.05, 3.63) is 29.8 Å². The van der Waals surface area contributed by atoms with Gasteiger partial charge in [0.25, 0.3) is 0 Å². The van der Waals surface area contributed by atoms with Crippen LogP contribution in [0.5, 0.6) is 5.75 Å². The normalized spacial score (nSPS) is 16.4. The van der Waals surface area contributed by atoms with Crippen molar-refractivity contribution in [2.45, 2.75) is 31.8 Å². The van der Waals surface area contributed by atoms with Gasteiger partial charge < -0.3 is 9.64 Å². The van der Waals surface area contributed by atoms with E-state index >= 15 is 0 Å². The maximum atomic E-state index is 5.78. The number of likely N-dealkylation sites (N-methyl/N-ethyl adjacent to an activating group) is 1. The quantitative estimate of drug-likeness (QED) is 0.599. The Labute approximate surface area is 110 Å². The van der Waals surface area contributed by atoms with Gasteiger partial charge in [-0.1, -0.05) is 19.1 Å². The summed E-state index contributed by atoms with van der Waals surface area (Å²) in [6.45, 7) is 4.38. The third-order valence-electron chi connectivity index (χ3n) is 3.95. The van der Waals surface area contributed by atoms with E-state index in [1.54, 1.807) is 7.11 Å². The zero-order valence-corrected chi connectivity index (χ0v) is 12.0. The van der Waals surface area contributed by atoms with Gasteiger partial charge in [0.05, 0.1) is 13.2 Å². The molecule has 0 fully saturated rings. The number of nitrogens with zero attached hydrogens (tertiary/aromatic N) is 1. The summed E-state index contributed by atoms with van der Waals surface area (Å²) < 4.78 is 5.27. The van der Waals surface area contributed by atoms with Gasteiger partial charge in [0, 0.05) is 5.54 Å². The van der Waals surface area contributed by atoms with Gasteiger partial charge in [-0.25, -0.2) is 0 Å². The molecule has 0 radical (unpaired) electrons. The highest BCUT2D eigenvalue weighted by Crippen LogP contribution is 2.33. The predicted molar refractivity (Wildman–Crippen MR) is 75.4 cm³/mol. The van der Waals surface area contributed by atoms with Crippen LogP contribution >= 0.6 is 0 Å². The van der Waals surface area contributed by atoms with Crippen molar-refractivity contribution >= 4 is 0 Å². The van der Waals surface area contributed by atoms with Crippen LogP contribution < -0.4 is 16.0 Å². The summed E-state index contributed by atoms with van der Waals surface area (Å²) in [7, 11) is 5.83. The van der Waals surface area contributed by atoms with E-state index in [4.69, 9.17) is 10.6 Å². The minimum Gasteiger partial charge on any atom is -0.497 e. The molecule has 0 heterocycles. The highest BCUT2D eigenvalue weighted by atomic mass is 16.5. The van der Waals surface area contributed by atoms with Gasteiger partial charge >= 0.3 is 0 Å². The van der Waals surface area contributed by atoms with E-state index in [-0.39, 0.29) is 11.6 Å². The Bertz CT molecular complexity index is 381. The van der Waals surface area contributed by atoms with E-state index in [0.717, 1.165) is 17.7 Å². The van der Waals surface area contributed by atoms with E-state index < -0.39 is 0 Å². The zero-order valence-electron chi connectivity index (χ0n) is 12.0. The molecule has 0 spiro atoms. The number of nitrogens with two attached hydrogens (primary N) is 1. The van der Waals surface area contributed by atoms with Crippen LogP contribution in [0.1, 0.15) is 31.9 Å². The van der Waals surface area contributed by atoms with Crippen molar-refractivity contribution in [2.24, 2.45) is 5.84 Å². The van der Waals surface area contributed by atoms with Crippen LogP contribution in [0.25, 0.3) is 0 Å². The Balaban J connectivity index is 3.15. The smallest absolute Gasteiger partial charge is 0.119 e. The number of rotatable bonds is 6. The van der Waals surface area contributed by atoms with Crippen molar-refractivity contribution in [3.63, 3.8) is 0 Å². The van der Waals surface area contributed by atoms with E-state index in [1.807, 2.05) is 18.2 Å². The third-order valence-corrected chi connectivity index (χ3v) is 3.95. The number of ether oxygens (including phenoxy) is 1. The first-order chi connectivity index (χ1) is 8.49. The van der Waals surface area contributed by atoms with Gasteiger partial charge in [0.2, 0.25) is 0 Å². The average Bonchev–Trinajstić information content (AvgIpc) is 2.39. The molecule has 3 N–H and O–H groups in total. The van der Waals surface area contributed by atoms with E-state index in [9.17, 15) is 0 Å². The Kier molecular flexibility index (Phi) is 5.14. The van der Waals surface area contributed by atoms with Crippen LogP contribution in [-0.2, 0) is 0 Å². The van der Waals surface area contributed by atoms with E-state index in [0.29, 0.717) is 0 Å². The average molecular weight is 251 g/mol. The molecular formula is C14H25N3O. The molecule has 0 aliphatic heterocycles. The number of hydrogen-bond donors (Lipinski definition) is 2. The van der Waals surface area contributed by atoms with E-state index in [2.05, 4.69) is 44.3 Å². The topological polar surface area (TPSA) is 50.5 Å². The second kappa shape index (κ2) is 6.18. The van der Waals surface area contributed by atoms with Gasteiger partial charge in [-0.3, -0.25) is 11.3 Å². The number of methoxy groups -OCH3 is 1. The van der Waals surface area contributed by atoms with Crippen molar-refractivity contribution in [3.8, 4) is 5.75 Å². The first-order valence-electron chi connectivity index (χ1n) is 6.27. The molecule has 0 aliphatic rings. The van der Waals surface area contributed by atoms with Crippen LogP contribution in [0.15, 0.2) is 24.3 Å². The standard InChI is InChI=1S/C14H25N3O/c1-6-14(2,17(3)4)13(16-15)11-8-7-9-12(10-11)18-5/h7-10,13,16H,6,15H2,1-5H3. The molecule has 4 nitrogen and oxygen atoms in total. The Hall–Kier alpha value is -1.10. The molecule has 18 heavy (non-hydrogen) atoms. The summed E-state index contributed by atoms with van der Waals surface area (Å²) in [5.41, 5.74) is 4.03. The molecule has 102 valence electrons. The molecule has 0 aromatic heterocycles. The molecule has 0 bridgehead atoms. The zero-order chi connectivity index (χ0) is 13.8. The molecule has 0 saturated heterocycles. The summed E-state index contributed by atoms with van der Waals surface area (Å²) in [5, 5.41) is 0. The van der Waals surface area contributed by atoms with E-state index in [1.165, 1.54) is 0 Å². The van der Waals surface area contributed by atoms with Crippen LogP contribution in [-0.4, -0.2) is 31.6 Å². The molecule has 1 rings (SSSR count). The molecule has 4 heteroatoms. The van der Waals surface area contributed by atoms with Gasteiger partial charge in [-0.15, -0.1) is 0 Å². The molecule has 2 atom stereocenters. The Morgan fingerprint density at radius 2 is 2.11 bits per heavy atom. The van der Waals surface area contributed by atoms with Gasteiger partial charge in [-0.2, -0.15) is 0 Å². The summed E-state index contributed by atoms with van der Waals surface area (Å²) >= 11 is 0. The van der Waals surface area contributed by atoms with Gasteiger partial charge in [0.15, 0.2) is 0 Å². The molecule has 1 aromatic rings. The second-order valence-electron chi connectivity index (χ2n) is 4.98. The Morgan fingerprint density at radius 3 is 2.56 bits per heavy atom. The summed E-state index contributed by atoms with van der Waals surface area (Å²) in [6, 6.07) is 8.08. The highest BCUT2D eigenvalue weighted by Gasteiger charge is 2.35. The summed E-state index contributed by atoms with van der Waals surface area (Å²) in [6.07, 6.45) is 0.992. The van der Waals surface area contributed by atoms with Crippen LogP contribution in [0.3, 0.4) is 0 Å². The maximum Gasteiger partial charge on any atom is 0.119 e. The molecule has 0 saturated carbocycles. The minimum atomic E-state index is -0.0544. The monoisotopic (exact) mass is 251 g/mol. The maximum absolute atomic E-state index is 5.78. The number of nitrogens with one attached hydrogen (secondary N) is 1. The lowest BCUT2D eigenvalue weighted by Gasteiger charge is -2.42. The van der Waals surface area contributed by atoms with Crippen molar-refractivity contribution in [1.29, 1.82) is 0 Å². The fourth-order valence-corrected chi connectivity index (χ4v) is 2.23. The Morgan fingerprint density at radius 1 is 1.44 bits per heavy atom. The second-order valence-corrected chi connectivity index (χ2v) is 4.98. The predicted octanol–water partition coefficient (Wildman–Crippen LogP) is 1.93. The summed E-state index contributed by atoms with van der Waals surface area (Å²) in [5.74, 6) is 6.63. The van der Waals surface area contributed by atoms with Crippen LogP contribution in [0, 0.1) is 0 Å². The van der Waals surface area contributed by atoms with Gasteiger partial charge in [0.1, 0.15) is 5.75 Å². The first kappa shape index (κ1) is 15.0. The lowest BCUT2D eigenvalue weighted by molar-refractivity contribution is 0.113. The number of benzene rings is 1. The fourth-order valence-electron chi connectivity index (χ4n) is 2.23. The minimum absolute atomic E-state index is 0.0487. The third kappa shape index (κ3) is 2.83. The summed E-state index contributed by atoms with van der Waals surface area (Å²) in [4.78, 5) is 2.21. The first-order valence-corrected chi connectivity index (χ1v) is 6.27.